The van der Waals surface area contributed by atoms with E-state index in [1.54, 1.807) is 12.1 Å². The smallest absolute Gasteiger partial charge is 0.159 e. The minimum Gasteiger partial charge on any atom is -0.379 e. The van der Waals surface area contributed by atoms with Crippen molar-refractivity contribution in [3.05, 3.63) is 63.9 Å². The average molecular weight is 316 g/mol. The molecule has 0 saturated heterocycles. The van der Waals surface area contributed by atoms with Crippen molar-refractivity contribution in [1.82, 2.24) is 0 Å². The Morgan fingerprint density at radius 1 is 0.889 bits per heavy atom. The maximum atomic E-state index is 13.4. The highest BCUT2D eigenvalue weighted by Gasteiger charge is 2.05. The first-order valence-electron chi connectivity index (χ1n) is 5.19. The van der Waals surface area contributed by atoms with Crippen LogP contribution in [0, 0.1) is 17.5 Å². The minimum absolute atomic E-state index is 0.213. The van der Waals surface area contributed by atoms with Gasteiger partial charge in [-0.25, -0.2) is 13.2 Å². The summed E-state index contributed by atoms with van der Waals surface area (Å²) in [7, 11) is 0. The number of rotatable bonds is 3. The van der Waals surface area contributed by atoms with E-state index >= 15 is 0 Å². The number of hydrogen-bond donors (Lipinski definition) is 1. The van der Waals surface area contributed by atoms with Crippen LogP contribution in [-0.2, 0) is 6.54 Å². The second kappa shape index (κ2) is 5.44. The lowest BCUT2D eigenvalue weighted by atomic mass is 10.2. The molecule has 2 aromatic rings. The van der Waals surface area contributed by atoms with Crippen molar-refractivity contribution in [2.75, 3.05) is 5.32 Å². The van der Waals surface area contributed by atoms with E-state index in [2.05, 4.69) is 21.2 Å². The molecule has 94 valence electrons. The molecule has 0 atom stereocenters. The van der Waals surface area contributed by atoms with E-state index in [-0.39, 0.29) is 6.54 Å². The van der Waals surface area contributed by atoms with Crippen LogP contribution in [-0.4, -0.2) is 0 Å². The highest BCUT2D eigenvalue weighted by Crippen LogP contribution is 2.20. The van der Waals surface area contributed by atoms with E-state index in [0.717, 1.165) is 16.6 Å². The number of benzene rings is 2. The third kappa shape index (κ3) is 3.04. The lowest BCUT2D eigenvalue weighted by Gasteiger charge is -2.08. The summed E-state index contributed by atoms with van der Waals surface area (Å²) in [5, 5.41) is 2.82. The second-order valence-electron chi connectivity index (χ2n) is 3.73. The first kappa shape index (κ1) is 13.0. The Morgan fingerprint density at radius 2 is 1.61 bits per heavy atom. The van der Waals surface area contributed by atoms with Crippen LogP contribution < -0.4 is 5.32 Å². The Hall–Kier alpha value is -1.49. The van der Waals surface area contributed by atoms with E-state index in [9.17, 15) is 13.2 Å². The summed E-state index contributed by atoms with van der Waals surface area (Å²) in [6.07, 6.45) is 0. The maximum absolute atomic E-state index is 13.4. The first-order valence-corrected chi connectivity index (χ1v) is 5.98. The summed E-state index contributed by atoms with van der Waals surface area (Å²) < 4.78 is 39.8. The van der Waals surface area contributed by atoms with Crippen molar-refractivity contribution in [3.8, 4) is 0 Å². The molecule has 0 saturated carbocycles. The van der Waals surface area contributed by atoms with Gasteiger partial charge in [0.25, 0.3) is 0 Å². The second-order valence-corrected chi connectivity index (χ2v) is 4.64. The van der Waals surface area contributed by atoms with Crippen molar-refractivity contribution in [2.24, 2.45) is 0 Å². The molecule has 5 heteroatoms. The van der Waals surface area contributed by atoms with Crippen molar-refractivity contribution < 1.29 is 13.2 Å². The van der Waals surface area contributed by atoms with Gasteiger partial charge >= 0.3 is 0 Å². The number of anilines is 1. The molecule has 0 heterocycles. The largest absolute Gasteiger partial charge is 0.379 e. The summed E-state index contributed by atoms with van der Waals surface area (Å²) in [6, 6.07) is 8.05. The zero-order chi connectivity index (χ0) is 13.1. The van der Waals surface area contributed by atoms with Crippen molar-refractivity contribution in [1.29, 1.82) is 0 Å². The van der Waals surface area contributed by atoms with E-state index in [4.69, 9.17) is 0 Å². The fraction of sp³-hybridized carbons (Fsp3) is 0.0769. The van der Waals surface area contributed by atoms with Crippen LogP contribution in [0.2, 0.25) is 0 Å². The summed E-state index contributed by atoms with van der Waals surface area (Å²) in [5.41, 5.74) is 0.836. The predicted octanol–water partition coefficient (Wildman–Crippen LogP) is 4.48. The molecular formula is C13H9BrF3N. The van der Waals surface area contributed by atoms with Crippen LogP contribution >= 0.6 is 15.9 Å². The molecule has 0 spiro atoms. The molecule has 0 aliphatic carbocycles. The van der Waals surface area contributed by atoms with Gasteiger partial charge in [-0.3, -0.25) is 0 Å². The number of nitrogens with one attached hydrogen (secondary N) is 1. The summed E-state index contributed by atoms with van der Waals surface area (Å²) in [5.74, 6) is -2.21. The zero-order valence-corrected chi connectivity index (χ0v) is 10.8. The fourth-order valence-electron chi connectivity index (χ4n) is 1.48. The lowest BCUT2D eigenvalue weighted by molar-refractivity contribution is 0.507. The molecule has 0 fully saturated rings. The van der Waals surface area contributed by atoms with E-state index in [0.29, 0.717) is 11.3 Å². The maximum Gasteiger partial charge on any atom is 0.159 e. The zero-order valence-electron chi connectivity index (χ0n) is 9.18. The molecule has 1 N–H and O–H groups in total. The highest BCUT2D eigenvalue weighted by atomic mass is 79.9. The molecule has 18 heavy (non-hydrogen) atoms. The Bertz CT molecular complexity index is 572. The van der Waals surface area contributed by atoms with Gasteiger partial charge in [0.1, 0.15) is 5.82 Å². The van der Waals surface area contributed by atoms with Gasteiger partial charge in [0.15, 0.2) is 11.6 Å². The van der Waals surface area contributed by atoms with Gasteiger partial charge in [0, 0.05) is 11.0 Å². The predicted molar refractivity (Wildman–Crippen MR) is 67.8 cm³/mol. The van der Waals surface area contributed by atoms with Crippen LogP contribution in [0.3, 0.4) is 0 Å². The average Bonchev–Trinajstić information content (AvgIpc) is 2.34. The van der Waals surface area contributed by atoms with Gasteiger partial charge in [-0.2, -0.15) is 0 Å². The van der Waals surface area contributed by atoms with Crippen molar-refractivity contribution >= 4 is 21.6 Å². The summed E-state index contributed by atoms with van der Waals surface area (Å²) in [6.45, 7) is 0.213. The van der Waals surface area contributed by atoms with Crippen LogP contribution in [0.5, 0.6) is 0 Å². The fourth-order valence-corrected chi connectivity index (χ4v) is 1.84. The number of hydrogen-bond acceptors (Lipinski definition) is 1. The van der Waals surface area contributed by atoms with Crippen LogP contribution in [0.25, 0.3) is 0 Å². The van der Waals surface area contributed by atoms with Crippen LogP contribution in [0.4, 0.5) is 18.9 Å². The monoisotopic (exact) mass is 315 g/mol. The quantitative estimate of drug-likeness (QED) is 0.880. The molecule has 0 radical (unpaired) electrons. The highest BCUT2D eigenvalue weighted by molar-refractivity contribution is 9.10. The summed E-state index contributed by atoms with van der Waals surface area (Å²) in [4.78, 5) is 0. The lowest BCUT2D eigenvalue weighted by Crippen LogP contribution is -2.02. The van der Waals surface area contributed by atoms with E-state index < -0.39 is 17.5 Å². The third-order valence-corrected chi connectivity index (χ3v) is 2.89. The molecule has 2 rings (SSSR count). The van der Waals surface area contributed by atoms with E-state index in [1.165, 1.54) is 12.1 Å². The first-order chi connectivity index (χ1) is 8.56. The van der Waals surface area contributed by atoms with Crippen molar-refractivity contribution in [2.45, 2.75) is 6.54 Å². The topological polar surface area (TPSA) is 12.0 Å². The molecule has 2 aromatic carbocycles. The molecule has 0 unspecified atom stereocenters. The van der Waals surface area contributed by atoms with Gasteiger partial charge < -0.3 is 5.32 Å². The minimum atomic E-state index is -0.913. The van der Waals surface area contributed by atoms with Gasteiger partial charge in [-0.15, -0.1) is 0 Å². The van der Waals surface area contributed by atoms with Crippen molar-refractivity contribution in [3.63, 3.8) is 0 Å². The SMILES string of the molecule is Fc1ccc(CNc2cc(Br)ccc2F)cc1F. The van der Waals surface area contributed by atoms with E-state index in [1.807, 2.05) is 0 Å². The van der Waals surface area contributed by atoms with Crippen LogP contribution in [0.1, 0.15) is 5.56 Å². The standard InChI is InChI=1S/C13H9BrF3N/c14-9-2-4-11(16)13(6-9)18-7-8-1-3-10(15)12(17)5-8/h1-6,18H,7H2. The molecule has 1 nitrogen and oxygen atoms in total. The normalized spacial score (nSPS) is 10.4. The Kier molecular flexibility index (Phi) is 3.91. The molecule has 0 bridgehead atoms. The Labute approximate surface area is 111 Å². The molecule has 0 aromatic heterocycles. The van der Waals surface area contributed by atoms with Gasteiger partial charge in [-0.05, 0) is 35.9 Å². The third-order valence-electron chi connectivity index (χ3n) is 2.40. The van der Waals surface area contributed by atoms with Gasteiger partial charge in [0.2, 0.25) is 0 Å². The van der Waals surface area contributed by atoms with Crippen LogP contribution in [0.15, 0.2) is 40.9 Å². The number of halogens is 4. The Morgan fingerprint density at radius 3 is 2.33 bits per heavy atom. The summed E-state index contributed by atoms with van der Waals surface area (Å²) >= 11 is 3.23. The Balaban J connectivity index is 2.11. The molecular weight excluding hydrogens is 307 g/mol. The molecule has 0 aliphatic rings. The molecule has 0 aliphatic heterocycles. The molecule has 0 amide bonds. The van der Waals surface area contributed by atoms with Gasteiger partial charge in [-0.1, -0.05) is 22.0 Å². The van der Waals surface area contributed by atoms with Gasteiger partial charge in [0.05, 0.1) is 5.69 Å².